The van der Waals surface area contributed by atoms with Crippen LogP contribution in [0.3, 0.4) is 0 Å². The normalized spacial score (nSPS) is 14.6. The van der Waals surface area contributed by atoms with E-state index >= 15 is 0 Å². The maximum Gasteiger partial charge on any atom is 0.339 e. The number of aromatic carboxylic acids is 1. The van der Waals surface area contributed by atoms with Crippen LogP contribution in [0.25, 0.3) is 0 Å². The minimum Gasteiger partial charge on any atom is -0.478 e. The first-order chi connectivity index (χ1) is 11.1. The average Bonchev–Trinajstić information content (AvgIpc) is 2.56. The van der Waals surface area contributed by atoms with E-state index < -0.39 is 5.97 Å². The van der Waals surface area contributed by atoms with E-state index in [1.165, 1.54) is 12.4 Å². The summed E-state index contributed by atoms with van der Waals surface area (Å²) in [5, 5.41) is 12.2. The average molecular weight is 313 g/mol. The molecule has 118 valence electrons. The number of carboxylic acids is 1. The molecule has 0 aliphatic carbocycles. The lowest BCUT2D eigenvalue weighted by Gasteiger charge is -2.27. The Morgan fingerprint density at radius 2 is 2.04 bits per heavy atom. The molecule has 1 aliphatic rings. The summed E-state index contributed by atoms with van der Waals surface area (Å²) in [7, 11) is 0. The van der Waals surface area contributed by atoms with Gasteiger partial charge in [0.05, 0.1) is 12.3 Å². The molecule has 1 saturated heterocycles. The van der Waals surface area contributed by atoms with Crippen molar-refractivity contribution in [1.29, 1.82) is 0 Å². The first-order valence-electron chi connectivity index (χ1n) is 7.07. The van der Waals surface area contributed by atoms with Gasteiger partial charge < -0.3 is 20.1 Å². The van der Waals surface area contributed by atoms with E-state index in [4.69, 9.17) is 9.84 Å². The summed E-state index contributed by atoms with van der Waals surface area (Å²) in [6, 6.07) is 8.82. The summed E-state index contributed by atoms with van der Waals surface area (Å²) < 4.78 is 5.11. The van der Waals surface area contributed by atoms with Crippen molar-refractivity contribution < 1.29 is 19.4 Å². The van der Waals surface area contributed by atoms with Crippen molar-refractivity contribution in [1.82, 2.24) is 4.98 Å². The van der Waals surface area contributed by atoms with Gasteiger partial charge in [0, 0.05) is 30.3 Å². The molecule has 0 radical (unpaired) electrons. The topological polar surface area (TPSA) is 91.8 Å². The SMILES string of the molecule is O=C(O)c1cnccc1Nc1ccc(N2CCOCC2=O)cc1. The molecule has 7 nitrogen and oxygen atoms in total. The molecular formula is C16H15N3O4. The monoisotopic (exact) mass is 313 g/mol. The van der Waals surface area contributed by atoms with Crippen molar-refractivity contribution in [2.45, 2.75) is 0 Å². The van der Waals surface area contributed by atoms with E-state index in [2.05, 4.69) is 10.3 Å². The van der Waals surface area contributed by atoms with Gasteiger partial charge in [0.15, 0.2) is 0 Å². The second-order valence-corrected chi connectivity index (χ2v) is 5.00. The van der Waals surface area contributed by atoms with Crippen molar-refractivity contribution in [3.63, 3.8) is 0 Å². The Kier molecular flexibility index (Phi) is 4.20. The van der Waals surface area contributed by atoms with Gasteiger partial charge >= 0.3 is 5.97 Å². The van der Waals surface area contributed by atoms with Crippen LogP contribution in [0, 0.1) is 0 Å². The fourth-order valence-corrected chi connectivity index (χ4v) is 2.35. The Hall–Kier alpha value is -2.93. The Balaban J connectivity index is 1.78. The summed E-state index contributed by atoms with van der Waals surface area (Å²) in [5.41, 5.74) is 2.07. The Bertz CT molecular complexity index is 730. The lowest BCUT2D eigenvalue weighted by Crippen LogP contribution is -2.41. The molecule has 1 fully saturated rings. The van der Waals surface area contributed by atoms with E-state index in [1.807, 2.05) is 12.1 Å². The van der Waals surface area contributed by atoms with Gasteiger partial charge in [-0.1, -0.05) is 0 Å². The summed E-state index contributed by atoms with van der Waals surface area (Å²) in [6.07, 6.45) is 2.82. The molecule has 2 heterocycles. The smallest absolute Gasteiger partial charge is 0.339 e. The van der Waals surface area contributed by atoms with Crippen molar-refractivity contribution in [3.8, 4) is 0 Å². The summed E-state index contributed by atoms with van der Waals surface area (Å²) >= 11 is 0. The molecule has 0 saturated carbocycles. The van der Waals surface area contributed by atoms with Gasteiger partial charge in [-0.3, -0.25) is 9.78 Å². The summed E-state index contributed by atoms with van der Waals surface area (Å²) in [4.78, 5) is 28.5. The Morgan fingerprint density at radius 3 is 2.74 bits per heavy atom. The van der Waals surface area contributed by atoms with E-state index in [0.29, 0.717) is 18.8 Å². The third-order valence-electron chi connectivity index (χ3n) is 3.50. The molecule has 2 aromatic rings. The predicted molar refractivity (Wildman–Crippen MR) is 84.1 cm³/mol. The second kappa shape index (κ2) is 6.45. The number of aromatic nitrogens is 1. The number of rotatable bonds is 4. The van der Waals surface area contributed by atoms with Gasteiger partial charge in [-0.2, -0.15) is 0 Å². The van der Waals surface area contributed by atoms with Gasteiger partial charge in [-0.15, -0.1) is 0 Å². The molecule has 1 aromatic heterocycles. The number of hydrogen-bond donors (Lipinski definition) is 2. The number of ether oxygens (including phenoxy) is 1. The molecule has 0 bridgehead atoms. The van der Waals surface area contributed by atoms with Crippen LogP contribution in [0.4, 0.5) is 17.1 Å². The predicted octanol–water partition coefficient (Wildman–Crippen LogP) is 1.89. The number of nitrogens with one attached hydrogen (secondary N) is 1. The van der Waals surface area contributed by atoms with Gasteiger partial charge in [0.25, 0.3) is 5.91 Å². The zero-order valence-corrected chi connectivity index (χ0v) is 12.2. The maximum absolute atomic E-state index is 11.8. The van der Waals surface area contributed by atoms with Crippen LogP contribution in [0.15, 0.2) is 42.7 Å². The van der Waals surface area contributed by atoms with Crippen molar-refractivity contribution in [3.05, 3.63) is 48.3 Å². The highest BCUT2D eigenvalue weighted by atomic mass is 16.5. The van der Waals surface area contributed by atoms with Gasteiger partial charge in [0.1, 0.15) is 12.2 Å². The van der Waals surface area contributed by atoms with Crippen molar-refractivity contribution in [2.24, 2.45) is 0 Å². The largest absolute Gasteiger partial charge is 0.478 e. The number of nitrogens with zero attached hydrogens (tertiary/aromatic N) is 2. The van der Waals surface area contributed by atoms with E-state index in [1.54, 1.807) is 23.1 Å². The Labute approximate surface area is 132 Å². The van der Waals surface area contributed by atoms with Crippen LogP contribution in [0.2, 0.25) is 0 Å². The molecule has 0 unspecified atom stereocenters. The molecule has 2 N–H and O–H groups in total. The molecule has 23 heavy (non-hydrogen) atoms. The number of carbonyl (C=O) groups is 2. The first kappa shape index (κ1) is 15.0. The molecule has 0 spiro atoms. The number of anilines is 3. The van der Waals surface area contributed by atoms with Crippen LogP contribution in [0.1, 0.15) is 10.4 Å². The fourth-order valence-electron chi connectivity index (χ4n) is 2.35. The molecule has 7 heteroatoms. The minimum atomic E-state index is -1.05. The number of amides is 1. The van der Waals surface area contributed by atoms with Gasteiger partial charge in [0.2, 0.25) is 0 Å². The zero-order valence-electron chi connectivity index (χ0n) is 12.2. The van der Waals surface area contributed by atoms with Crippen LogP contribution in [-0.4, -0.2) is 41.7 Å². The first-order valence-corrected chi connectivity index (χ1v) is 7.07. The quantitative estimate of drug-likeness (QED) is 0.895. The minimum absolute atomic E-state index is 0.0701. The number of pyridine rings is 1. The number of carboxylic acid groups (broad SMARTS) is 1. The standard InChI is InChI=1S/C16H15N3O4/c20-15-10-23-8-7-19(15)12-3-1-11(2-4-12)18-14-5-6-17-9-13(14)16(21)22/h1-6,9H,7-8,10H2,(H,17,18)(H,21,22). The van der Waals surface area contributed by atoms with E-state index in [9.17, 15) is 9.59 Å². The third-order valence-corrected chi connectivity index (χ3v) is 3.50. The van der Waals surface area contributed by atoms with Crippen LogP contribution < -0.4 is 10.2 Å². The highest BCUT2D eigenvalue weighted by Crippen LogP contribution is 2.23. The van der Waals surface area contributed by atoms with Gasteiger partial charge in [-0.05, 0) is 30.3 Å². The molecule has 1 aliphatic heterocycles. The second-order valence-electron chi connectivity index (χ2n) is 5.00. The molecule has 3 rings (SSSR count). The summed E-state index contributed by atoms with van der Waals surface area (Å²) in [6.45, 7) is 1.14. The van der Waals surface area contributed by atoms with E-state index in [0.717, 1.165) is 11.4 Å². The molecule has 1 amide bonds. The fraction of sp³-hybridized carbons (Fsp3) is 0.188. The van der Waals surface area contributed by atoms with Crippen LogP contribution >= 0.6 is 0 Å². The maximum atomic E-state index is 11.8. The van der Waals surface area contributed by atoms with Crippen molar-refractivity contribution in [2.75, 3.05) is 30.0 Å². The van der Waals surface area contributed by atoms with Gasteiger partial charge in [-0.25, -0.2) is 4.79 Å². The Morgan fingerprint density at radius 1 is 1.26 bits per heavy atom. The number of benzene rings is 1. The molecular weight excluding hydrogens is 298 g/mol. The number of carbonyl (C=O) groups excluding carboxylic acids is 1. The highest BCUT2D eigenvalue weighted by Gasteiger charge is 2.20. The highest BCUT2D eigenvalue weighted by molar-refractivity contribution is 5.96. The molecule has 0 atom stereocenters. The summed E-state index contributed by atoms with van der Waals surface area (Å²) in [5.74, 6) is -1.12. The third kappa shape index (κ3) is 3.29. The molecule has 1 aromatic carbocycles. The zero-order chi connectivity index (χ0) is 16.2. The van der Waals surface area contributed by atoms with Crippen LogP contribution in [-0.2, 0) is 9.53 Å². The number of hydrogen-bond acceptors (Lipinski definition) is 5. The lowest BCUT2D eigenvalue weighted by atomic mass is 10.2. The van der Waals surface area contributed by atoms with E-state index in [-0.39, 0.29) is 18.1 Å². The van der Waals surface area contributed by atoms with Crippen LogP contribution in [0.5, 0.6) is 0 Å². The van der Waals surface area contributed by atoms with Crippen molar-refractivity contribution >= 4 is 28.9 Å². The lowest BCUT2D eigenvalue weighted by molar-refractivity contribution is -0.125. The number of morpholine rings is 1.